The molecule has 1 heterocycles. The Bertz CT molecular complexity index is 366. The van der Waals surface area contributed by atoms with Crippen LogP contribution in [0.5, 0.6) is 0 Å². The normalized spacial score (nSPS) is 37.0. The summed E-state index contributed by atoms with van der Waals surface area (Å²) in [5, 5.41) is 0. The molecule has 2 fully saturated rings. The first-order chi connectivity index (χ1) is 9.37. The molecule has 0 aromatic rings. The number of carbonyl (C=O) groups is 1. The predicted octanol–water partition coefficient (Wildman–Crippen LogP) is 4.09. The highest BCUT2D eigenvalue weighted by molar-refractivity contribution is 5.85. The van der Waals surface area contributed by atoms with Gasteiger partial charge < -0.3 is 9.47 Å². The quantitative estimate of drug-likeness (QED) is 0.563. The zero-order valence-electron chi connectivity index (χ0n) is 13.8. The highest BCUT2D eigenvalue weighted by Crippen LogP contribution is 2.61. The molecule has 1 unspecified atom stereocenters. The standard InChI is InChI=1S/C17H30O3/c1-6-15(4,5)13-9-11-16(12-10-13)17(7-2,20-16)14(18)19-8-3/h13H,6-12H2,1-5H3. The van der Waals surface area contributed by atoms with E-state index >= 15 is 0 Å². The third kappa shape index (κ3) is 2.28. The summed E-state index contributed by atoms with van der Waals surface area (Å²) in [6, 6.07) is 0. The van der Waals surface area contributed by atoms with Crippen LogP contribution in [0.1, 0.15) is 73.1 Å². The van der Waals surface area contributed by atoms with Gasteiger partial charge in [-0.15, -0.1) is 0 Å². The Morgan fingerprint density at radius 1 is 1.25 bits per heavy atom. The van der Waals surface area contributed by atoms with Crippen molar-refractivity contribution in [3.05, 3.63) is 0 Å². The minimum Gasteiger partial charge on any atom is -0.464 e. The molecule has 3 heteroatoms. The number of hydrogen-bond donors (Lipinski definition) is 0. The average Bonchev–Trinajstić information content (AvgIpc) is 3.08. The maximum atomic E-state index is 12.2. The van der Waals surface area contributed by atoms with E-state index in [0.717, 1.165) is 25.2 Å². The minimum absolute atomic E-state index is 0.143. The van der Waals surface area contributed by atoms with Crippen molar-refractivity contribution in [2.24, 2.45) is 11.3 Å². The lowest BCUT2D eigenvalue weighted by Crippen LogP contribution is -2.39. The number of esters is 1. The Hall–Kier alpha value is -0.570. The van der Waals surface area contributed by atoms with Gasteiger partial charge >= 0.3 is 5.97 Å². The topological polar surface area (TPSA) is 38.8 Å². The average molecular weight is 282 g/mol. The lowest BCUT2D eigenvalue weighted by atomic mass is 9.65. The fourth-order valence-corrected chi connectivity index (χ4v) is 3.98. The Labute approximate surface area is 123 Å². The molecule has 1 spiro atoms. The van der Waals surface area contributed by atoms with Crippen LogP contribution in [0.3, 0.4) is 0 Å². The van der Waals surface area contributed by atoms with Crippen LogP contribution in [-0.2, 0) is 14.3 Å². The molecule has 1 saturated carbocycles. The first-order valence-electron chi connectivity index (χ1n) is 8.25. The number of hydrogen-bond acceptors (Lipinski definition) is 3. The lowest BCUT2D eigenvalue weighted by molar-refractivity contribution is -0.149. The van der Waals surface area contributed by atoms with E-state index < -0.39 is 5.60 Å². The second-order valence-electron chi connectivity index (χ2n) is 7.11. The Kier molecular flexibility index (Phi) is 4.21. The second kappa shape index (κ2) is 5.32. The van der Waals surface area contributed by atoms with Crippen molar-refractivity contribution < 1.29 is 14.3 Å². The molecule has 0 aromatic carbocycles. The molecular formula is C17H30O3. The van der Waals surface area contributed by atoms with Crippen LogP contribution in [0.15, 0.2) is 0 Å². The molecule has 0 N–H and O–H groups in total. The Balaban J connectivity index is 2.02. The minimum atomic E-state index is -0.635. The summed E-state index contributed by atoms with van der Waals surface area (Å²) in [6.45, 7) is 11.3. The first-order valence-corrected chi connectivity index (χ1v) is 8.25. The Morgan fingerprint density at radius 2 is 1.85 bits per heavy atom. The van der Waals surface area contributed by atoms with E-state index in [2.05, 4.69) is 20.8 Å². The van der Waals surface area contributed by atoms with Crippen LogP contribution in [0.4, 0.5) is 0 Å². The van der Waals surface area contributed by atoms with Crippen LogP contribution in [0.2, 0.25) is 0 Å². The zero-order valence-corrected chi connectivity index (χ0v) is 13.8. The highest BCUT2D eigenvalue weighted by atomic mass is 16.7. The molecular weight excluding hydrogens is 252 g/mol. The summed E-state index contributed by atoms with van der Waals surface area (Å²) in [6.07, 6.45) is 6.29. The third-order valence-corrected chi connectivity index (χ3v) is 5.98. The van der Waals surface area contributed by atoms with Crippen LogP contribution in [0.25, 0.3) is 0 Å². The summed E-state index contributed by atoms with van der Waals surface area (Å²) >= 11 is 0. The van der Waals surface area contributed by atoms with Crippen molar-refractivity contribution in [3.63, 3.8) is 0 Å². The van der Waals surface area contributed by atoms with E-state index in [-0.39, 0.29) is 11.6 Å². The molecule has 1 aliphatic heterocycles. The van der Waals surface area contributed by atoms with Gasteiger partial charge in [-0.25, -0.2) is 4.79 Å². The van der Waals surface area contributed by atoms with Crippen molar-refractivity contribution in [2.75, 3.05) is 6.61 Å². The third-order valence-electron chi connectivity index (χ3n) is 5.98. The SMILES string of the molecule is CCOC(=O)C1(CC)OC12CCC(C(C)(C)CC)CC2. The maximum Gasteiger partial charge on any atom is 0.341 e. The smallest absolute Gasteiger partial charge is 0.341 e. The Morgan fingerprint density at radius 3 is 2.30 bits per heavy atom. The van der Waals surface area contributed by atoms with Crippen molar-refractivity contribution in [3.8, 4) is 0 Å². The largest absolute Gasteiger partial charge is 0.464 e. The van der Waals surface area contributed by atoms with Crippen molar-refractivity contribution in [2.45, 2.75) is 84.3 Å². The monoisotopic (exact) mass is 282 g/mol. The van der Waals surface area contributed by atoms with Crippen molar-refractivity contribution in [1.82, 2.24) is 0 Å². The van der Waals surface area contributed by atoms with Gasteiger partial charge in [-0.05, 0) is 50.4 Å². The van der Waals surface area contributed by atoms with Gasteiger partial charge in [0.15, 0.2) is 5.60 Å². The fourth-order valence-electron chi connectivity index (χ4n) is 3.98. The maximum absolute atomic E-state index is 12.2. The van der Waals surface area contributed by atoms with Crippen LogP contribution >= 0.6 is 0 Å². The van der Waals surface area contributed by atoms with Gasteiger partial charge in [-0.2, -0.15) is 0 Å². The van der Waals surface area contributed by atoms with Gasteiger partial charge in [0.1, 0.15) is 5.60 Å². The van der Waals surface area contributed by atoms with E-state index in [4.69, 9.17) is 9.47 Å². The fraction of sp³-hybridized carbons (Fsp3) is 0.941. The van der Waals surface area contributed by atoms with Gasteiger partial charge in [-0.1, -0.05) is 34.1 Å². The molecule has 0 amide bonds. The lowest BCUT2D eigenvalue weighted by Gasteiger charge is -2.38. The van der Waals surface area contributed by atoms with E-state index in [1.54, 1.807) is 0 Å². The van der Waals surface area contributed by atoms with Crippen molar-refractivity contribution in [1.29, 1.82) is 0 Å². The number of carbonyl (C=O) groups excluding carboxylic acids is 1. The summed E-state index contributed by atoms with van der Waals surface area (Å²) in [5.74, 6) is 0.606. The van der Waals surface area contributed by atoms with Gasteiger partial charge in [0.25, 0.3) is 0 Å². The molecule has 0 bridgehead atoms. The molecule has 1 atom stereocenters. The van der Waals surface area contributed by atoms with Gasteiger partial charge in [0, 0.05) is 0 Å². The summed E-state index contributed by atoms with van der Waals surface area (Å²) in [5.41, 5.74) is -0.450. The molecule has 2 aliphatic rings. The molecule has 0 radical (unpaired) electrons. The number of ether oxygens (including phenoxy) is 2. The van der Waals surface area contributed by atoms with E-state index in [1.807, 2.05) is 13.8 Å². The van der Waals surface area contributed by atoms with E-state index in [1.165, 1.54) is 19.3 Å². The predicted molar refractivity (Wildman–Crippen MR) is 79.5 cm³/mol. The number of rotatable bonds is 5. The first kappa shape index (κ1) is 15.8. The molecule has 0 aromatic heterocycles. The van der Waals surface area contributed by atoms with E-state index in [0.29, 0.717) is 12.0 Å². The van der Waals surface area contributed by atoms with Gasteiger partial charge in [0.05, 0.1) is 6.61 Å². The van der Waals surface area contributed by atoms with Crippen molar-refractivity contribution >= 4 is 5.97 Å². The van der Waals surface area contributed by atoms with Crippen LogP contribution in [-0.4, -0.2) is 23.8 Å². The number of epoxide rings is 1. The molecule has 1 saturated heterocycles. The zero-order chi connectivity index (χ0) is 15.0. The molecule has 3 nitrogen and oxygen atoms in total. The summed E-state index contributed by atoms with van der Waals surface area (Å²) in [4.78, 5) is 12.2. The molecule has 20 heavy (non-hydrogen) atoms. The second-order valence-corrected chi connectivity index (χ2v) is 7.11. The van der Waals surface area contributed by atoms with E-state index in [9.17, 15) is 4.79 Å². The van der Waals surface area contributed by atoms with Crippen LogP contribution in [0, 0.1) is 11.3 Å². The van der Waals surface area contributed by atoms with Gasteiger partial charge in [-0.3, -0.25) is 0 Å². The molecule has 116 valence electrons. The molecule has 1 aliphatic carbocycles. The highest BCUT2D eigenvalue weighted by Gasteiger charge is 2.74. The molecule has 2 rings (SSSR count). The van der Waals surface area contributed by atoms with Crippen LogP contribution < -0.4 is 0 Å². The summed E-state index contributed by atoms with van der Waals surface area (Å²) in [7, 11) is 0. The van der Waals surface area contributed by atoms with Gasteiger partial charge in [0.2, 0.25) is 0 Å². The summed E-state index contributed by atoms with van der Waals surface area (Å²) < 4.78 is 11.3.